The summed E-state index contributed by atoms with van der Waals surface area (Å²) in [6.07, 6.45) is -5.83. The Kier molecular flexibility index (Phi) is 8.95. The molecule has 0 aromatic heterocycles. The number of nitrogens with zero attached hydrogens (tertiary/aromatic N) is 3. The number of benzene rings is 2. The van der Waals surface area contributed by atoms with Crippen LogP contribution in [0.3, 0.4) is 0 Å². The van der Waals surface area contributed by atoms with E-state index >= 15 is 0 Å². The molecular weight excluding hydrogens is 513 g/mol. The maximum Gasteiger partial charge on any atom is 0.416 e. The summed E-state index contributed by atoms with van der Waals surface area (Å²) in [7, 11) is 3.20. The average Bonchev–Trinajstić information content (AvgIpc) is 2.89. The van der Waals surface area contributed by atoms with E-state index < -0.39 is 29.7 Å². The molecule has 2 aliphatic rings. The zero-order valence-electron chi connectivity index (χ0n) is 22.4. The van der Waals surface area contributed by atoms with Gasteiger partial charge in [-0.3, -0.25) is 14.6 Å². The Morgan fingerprint density at radius 3 is 2.49 bits per heavy atom. The van der Waals surface area contributed by atoms with Crippen LogP contribution in [-0.2, 0) is 28.8 Å². The molecular formula is C28H35F3N4O4. The number of β-amino-alcohol motifs (C(OH)–C–C–N with tert-alkyl or cyclic N) is 1. The monoisotopic (exact) mass is 548 g/mol. The van der Waals surface area contributed by atoms with Crippen LogP contribution in [0.25, 0.3) is 0 Å². The number of rotatable bonds is 7. The number of aliphatic hydroxyl groups is 1. The Morgan fingerprint density at radius 2 is 1.82 bits per heavy atom. The molecule has 0 spiro atoms. The minimum atomic E-state index is -4.55. The zero-order chi connectivity index (χ0) is 28.3. The van der Waals surface area contributed by atoms with Gasteiger partial charge >= 0.3 is 12.1 Å². The third kappa shape index (κ3) is 7.16. The van der Waals surface area contributed by atoms with E-state index in [1.807, 2.05) is 29.8 Å². The molecule has 0 unspecified atom stereocenters. The van der Waals surface area contributed by atoms with E-state index in [1.165, 1.54) is 19.2 Å². The second-order valence-corrected chi connectivity index (χ2v) is 10.5. The number of alkyl halides is 3. The third-order valence-corrected chi connectivity index (χ3v) is 7.43. The number of aliphatic hydroxyl groups excluding tert-OH is 1. The number of ether oxygens (including phenoxy) is 1. The smallest absolute Gasteiger partial charge is 0.416 e. The minimum Gasteiger partial charge on any atom is -0.467 e. The van der Waals surface area contributed by atoms with Gasteiger partial charge in [0.15, 0.2) is 6.10 Å². The number of amides is 1. The van der Waals surface area contributed by atoms with Crippen molar-refractivity contribution >= 4 is 17.6 Å². The second kappa shape index (κ2) is 12.0. The standard InChI is InChI=1S/C28H35F3N4O4/c1-18-14-35(17-25(36)27(38)39-3)16-21-12-19(5-7-23(18)21)26(37)32-22-6-4-20(24(13-22)28(29,30)31)15-34-10-8-33(2)9-11-34/h4-7,12-13,18,25,36H,8-11,14-17H2,1-3H3,(H,32,37)/t18-,25-/m0/s1. The first-order valence-electron chi connectivity index (χ1n) is 13.0. The van der Waals surface area contributed by atoms with E-state index in [0.717, 1.165) is 30.3 Å². The number of nitrogens with one attached hydrogen (secondary N) is 1. The van der Waals surface area contributed by atoms with Gasteiger partial charge in [0.25, 0.3) is 5.91 Å². The van der Waals surface area contributed by atoms with Crippen LogP contribution in [0, 0.1) is 0 Å². The van der Waals surface area contributed by atoms with Crippen molar-refractivity contribution in [1.82, 2.24) is 14.7 Å². The van der Waals surface area contributed by atoms with E-state index in [-0.39, 0.29) is 30.3 Å². The number of hydrogen-bond donors (Lipinski definition) is 2. The molecule has 2 aromatic carbocycles. The molecule has 11 heteroatoms. The van der Waals surface area contributed by atoms with E-state index in [9.17, 15) is 27.9 Å². The summed E-state index contributed by atoms with van der Waals surface area (Å²) >= 11 is 0. The largest absolute Gasteiger partial charge is 0.467 e. The van der Waals surface area contributed by atoms with Gasteiger partial charge in [0.05, 0.1) is 12.7 Å². The fraction of sp³-hybridized carbons (Fsp3) is 0.500. The fourth-order valence-electron chi connectivity index (χ4n) is 5.26. The number of likely N-dealkylation sites (N-methyl/N-ethyl adjacent to an activating group) is 1. The molecule has 2 heterocycles. The Hall–Kier alpha value is -2.99. The number of methoxy groups -OCH3 is 1. The molecule has 2 aromatic rings. The molecule has 1 saturated heterocycles. The van der Waals surface area contributed by atoms with Gasteiger partial charge in [0.2, 0.25) is 0 Å². The summed E-state index contributed by atoms with van der Waals surface area (Å²) in [4.78, 5) is 30.7. The van der Waals surface area contributed by atoms with Crippen molar-refractivity contribution in [3.63, 3.8) is 0 Å². The predicted molar refractivity (Wildman–Crippen MR) is 140 cm³/mol. The van der Waals surface area contributed by atoms with Gasteiger partial charge in [0, 0.05) is 63.6 Å². The normalized spacial score (nSPS) is 19.8. The van der Waals surface area contributed by atoms with E-state index in [2.05, 4.69) is 15.0 Å². The SMILES string of the molecule is COC(=O)[C@@H](O)CN1Cc2cc(C(=O)Nc3ccc(CN4CCN(C)CC4)c(C(F)(F)F)c3)ccc2[C@@H](C)C1. The molecule has 2 atom stereocenters. The first-order valence-corrected chi connectivity index (χ1v) is 13.0. The highest BCUT2D eigenvalue weighted by molar-refractivity contribution is 6.04. The van der Waals surface area contributed by atoms with Crippen LogP contribution in [0.5, 0.6) is 0 Å². The fourth-order valence-corrected chi connectivity index (χ4v) is 5.26. The highest BCUT2D eigenvalue weighted by atomic mass is 19.4. The van der Waals surface area contributed by atoms with E-state index in [0.29, 0.717) is 31.7 Å². The molecule has 0 aliphatic carbocycles. The van der Waals surface area contributed by atoms with Gasteiger partial charge in [-0.25, -0.2) is 4.79 Å². The number of piperazine rings is 1. The van der Waals surface area contributed by atoms with E-state index in [1.54, 1.807) is 12.1 Å². The van der Waals surface area contributed by atoms with Crippen LogP contribution >= 0.6 is 0 Å². The van der Waals surface area contributed by atoms with Crippen molar-refractivity contribution in [2.24, 2.45) is 0 Å². The van der Waals surface area contributed by atoms with Gasteiger partial charge in [-0.2, -0.15) is 13.2 Å². The Bertz CT molecular complexity index is 1200. The van der Waals surface area contributed by atoms with Crippen molar-refractivity contribution in [3.8, 4) is 0 Å². The lowest BCUT2D eigenvalue weighted by molar-refractivity contribution is -0.151. The number of anilines is 1. The van der Waals surface area contributed by atoms with Crippen LogP contribution in [0.15, 0.2) is 36.4 Å². The molecule has 39 heavy (non-hydrogen) atoms. The van der Waals surface area contributed by atoms with Crippen LogP contribution < -0.4 is 5.32 Å². The van der Waals surface area contributed by atoms with Crippen molar-refractivity contribution in [1.29, 1.82) is 0 Å². The molecule has 1 fully saturated rings. The predicted octanol–water partition coefficient (Wildman–Crippen LogP) is 3.16. The third-order valence-electron chi connectivity index (χ3n) is 7.43. The maximum absolute atomic E-state index is 13.9. The minimum absolute atomic E-state index is 0.0726. The highest BCUT2D eigenvalue weighted by Gasteiger charge is 2.34. The molecule has 0 saturated carbocycles. The van der Waals surface area contributed by atoms with Crippen molar-refractivity contribution in [3.05, 3.63) is 64.2 Å². The molecule has 212 valence electrons. The van der Waals surface area contributed by atoms with Crippen LogP contribution in [-0.4, -0.2) is 91.2 Å². The van der Waals surface area contributed by atoms with Crippen molar-refractivity contribution in [2.75, 3.05) is 58.7 Å². The van der Waals surface area contributed by atoms with Crippen molar-refractivity contribution < 1.29 is 32.6 Å². The molecule has 0 bridgehead atoms. The second-order valence-electron chi connectivity index (χ2n) is 10.5. The summed E-state index contributed by atoms with van der Waals surface area (Å²) < 4.78 is 46.4. The van der Waals surface area contributed by atoms with Gasteiger partial charge in [-0.15, -0.1) is 0 Å². The maximum atomic E-state index is 13.9. The molecule has 2 aliphatic heterocycles. The quantitative estimate of drug-likeness (QED) is 0.515. The summed E-state index contributed by atoms with van der Waals surface area (Å²) in [5.74, 6) is -1.13. The van der Waals surface area contributed by atoms with Gasteiger partial charge in [-0.1, -0.05) is 19.1 Å². The van der Waals surface area contributed by atoms with Crippen LogP contribution in [0.2, 0.25) is 0 Å². The number of fused-ring (bicyclic) bond motifs is 1. The first-order chi connectivity index (χ1) is 18.4. The van der Waals surface area contributed by atoms with E-state index in [4.69, 9.17) is 0 Å². The number of halogens is 3. The Morgan fingerprint density at radius 1 is 1.10 bits per heavy atom. The Balaban J connectivity index is 1.48. The van der Waals surface area contributed by atoms with Gasteiger partial charge in [-0.05, 0) is 53.9 Å². The number of hydrogen-bond acceptors (Lipinski definition) is 7. The average molecular weight is 549 g/mol. The molecule has 2 N–H and O–H groups in total. The molecule has 8 nitrogen and oxygen atoms in total. The summed E-state index contributed by atoms with van der Waals surface area (Å²) in [6.45, 7) is 6.33. The lowest BCUT2D eigenvalue weighted by Crippen LogP contribution is -2.44. The highest BCUT2D eigenvalue weighted by Crippen LogP contribution is 2.35. The van der Waals surface area contributed by atoms with Crippen LogP contribution in [0.1, 0.15) is 45.5 Å². The Labute approximate surface area is 226 Å². The van der Waals surface area contributed by atoms with Crippen molar-refractivity contribution in [2.45, 2.75) is 38.2 Å². The first kappa shape index (κ1) is 29.0. The lowest BCUT2D eigenvalue weighted by atomic mass is 9.89. The van der Waals surface area contributed by atoms with Gasteiger partial charge < -0.3 is 20.1 Å². The topological polar surface area (TPSA) is 85.3 Å². The summed E-state index contributed by atoms with van der Waals surface area (Å²) in [5.41, 5.74) is 1.72. The van der Waals surface area contributed by atoms with Gasteiger partial charge in [0.1, 0.15) is 0 Å². The molecule has 1 amide bonds. The number of carbonyl (C=O) groups is 2. The lowest BCUT2D eigenvalue weighted by Gasteiger charge is -2.34. The number of carbonyl (C=O) groups excluding carboxylic acids is 2. The van der Waals surface area contributed by atoms with Crippen LogP contribution in [0.4, 0.5) is 18.9 Å². The molecule has 4 rings (SSSR count). The summed E-state index contributed by atoms with van der Waals surface area (Å²) in [6, 6.07) is 9.17. The zero-order valence-corrected chi connectivity index (χ0v) is 22.4. The number of esters is 1. The summed E-state index contributed by atoms with van der Waals surface area (Å²) in [5, 5.41) is 12.7. The molecule has 0 radical (unpaired) electrons.